The molecule has 0 unspecified atom stereocenters. The fourth-order valence-corrected chi connectivity index (χ4v) is 2.99. The second-order valence-electron chi connectivity index (χ2n) is 5.72. The molecule has 0 spiro atoms. The maximum atomic E-state index is 12.0. The summed E-state index contributed by atoms with van der Waals surface area (Å²) in [6.45, 7) is 2.16. The molecule has 1 aromatic heterocycles. The van der Waals surface area contributed by atoms with Crippen molar-refractivity contribution in [2.24, 2.45) is 7.05 Å². The Balaban J connectivity index is 1.89. The van der Waals surface area contributed by atoms with Crippen LogP contribution in [0.2, 0.25) is 5.15 Å². The van der Waals surface area contributed by atoms with Crippen molar-refractivity contribution in [3.63, 3.8) is 0 Å². The molecule has 0 aliphatic heterocycles. The Labute approximate surface area is 124 Å². The molecule has 1 fully saturated rings. The van der Waals surface area contributed by atoms with E-state index in [2.05, 4.69) is 10.4 Å². The predicted molar refractivity (Wildman–Crippen MR) is 77.7 cm³/mol. The van der Waals surface area contributed by atoms with Crippen LogP contribution in [-0.4, -0.2) is 32.9 Å². The molecular formula is C14H22ClN3O2. The van der Waals surface area contributed by atoms with Crippen molar-refractivity contribution in [2.45, 2.75) is 51.0 Å². The van der Waals surface area contributed by atoms with E-state index in [0.29, 0.717) is 11.7 Å². The number of aryl methyl sites for hydroxylation is 2. The van der Waals surface area contributed by atoms with Gasteiger partial charge < -0.3 is 10.4 Å². The van der Waals surface area contributed by atoms with Gasteiger partial charge in [-0.3, -0.25) is 9.48 Å². The molecule has 0 saturated heterocycles. The smallest absolute Gasteiger partial charge is 0.224 e. The summed E-state index contributed by atoms with van der Waals surface area (Å²) in [6, 6.07) is 0. The predicted octanol–water partition coefficient (Wildman–Crippen LogP) is 1.74. The van der Waals surface area contributed by atoms with E-state index in [4.69, 9.17) is 11.6 Å². The minimum Gasteiger partial charge on any atom is -0.388 e. The van der Waals surface area contributed by atoms with Crippen molar-refractivity contribution >= 4 is 17.5 Å². The van der Waals surface area contributed by atoms with Crippen LogP contribution in [0.25, 0.3) is 0 Å². The lowest BCUT2D eigenvalue weighted by Gasteiger charge is -2.32. The van der Waals surface area contributed by atoms with Crippen LogP contribution in [0.4, 0.5) is 0 Å². The molecule has 6 heteroatoms. The number of hydrogen-bond acceptors (Lipinski definition) is 3. The number of aliphatic hydroxyl groups is 1. The summed E-state index contributed by atoms with van der Waals surface area (Å²) in [7, 11) is 1.75. The van der Waals surface area contributed by atoms with E-state index < -0.39 is 5.60 Å². The summed E-state index contributed by atoms with van der Waals surface area (Å²) in [6.07, 6.45) is 4.95. The van der Waals surface area contributed by atoms with E-state index in [1.54, 1.807) is 11.7 Å². The molecule has 0 aromatic carbocycles. The number of nitrogens with one attached hydrogen (secondary N) is 1. The van der Waals surface area contributed by atoms with Gasteiger partial charge in [0, 0.05) is 19.2 Å². The maximum Gasteiger partial charge on any atom is 0.224 e. The summed E-state index contributed by atoms with van der Waals surface area (Å²) >= 11 is 6.11. The average Bonchev–Trinajstić information content (AvgIpc) is 2.64. The minimum atomic E-state index is -0.734. The Morgan fingerprint density at radius 3 is 2.65 bits per heavy atom. The second-order valence-corrected chi connectivity index (χ2v) is 6.07. The molecule has 112 valence electrons. The fraction of sp³-hybridized carbons (Fsp3) is 0.714. The van der Waals surface area contributed by atoms with Crippen LogP contribution in [-0.2, 0) is 18.3 Å². The zero-order valence-corrected chi connectivity index (χ0v) is 12.8. The van der Waals surface area contributed by atoms with Gasteiger partial charge in [-0.1, -0.05) is 30.9 Å². The summed E-state index contributed by atoms with van der Waals surface area (Å²) < 4.78 is 1.56. The number of halogens is 1. The number of aromatic nitrogens is 2. The van der Waals surface area contributed by atoms with Gasteiger partial charge in [0.15, 0.2) is 0 Å². The minimum absolute atomic E-state index is 0.123. The monoisotopic (exact) mass is 299 g/mol. The van der Waals surface area contributed by atoms with Gasteiger partial charge in [0.2, 0.25) is 5.91 Å². The highest BCUT2D eigenvalue weighted by Crippen LogP contribution is 2.27. The molecule has 1 heterocycles. The molecule has 0 bridgehead atoms. The summed E-state index contributed by atoms with van der Waals surface area (Å²) in [5.41, 5.74) is 0.785. The lowest BCUT2D eigenvalue weighted by atomic mass is 9.85. The van der Waals surface area contributed by atoms with E-state index in [9.17, 15) is 9.90 Å². The van der Waals surface area contributed by atoms with Crippen molar-refractivity contribution in [3.05, 3.63) is 16.4 Å². The topological polar surface area (TPSA) is 67.2 Å². The van der Waals surface area contributed by atoms with E-state index >= 15 is 0 Å². The Morgan fingerprint density at radius 1 is 1.45 bits per heavy atom. The lowest BCUT2D eigenvalue weighted by molar-refractivity contribution is -0.122. The number of carbonyl (C=O) groups excluding carboxylic acids is 1. The second kappa shape index (κ2) is 6.14. The van der Waals surface area contributed by atoms with Crippen LogP contribution in [0.15, 0.2) is 0 Å². The number of hydrogen-bond donors (Lipinski definition) is 2. The van der Waals surface area contributed by atoms with Crippen molar-refractivity contribution in [1.29, 1.82) is 0 Å². The number of amides is 1. The highest BCUT2D eigenvalue weighted by Gasteiger charge is 2.29. The van der Waals surface area contributed by atoms with Crippen LogP contribution >= 0.6 is 11.6 Å². The third kappa shape index (κ3) is 3.52. The zero-order valence-electron chi connectivity index (χ0n) is 12.1. The molecular weight excluding hydrogens is 278 g/mol. The van der Waals surface area contributed by atoms with Gasteiger partial charge in [-0.25, -0.2) is 0 Å². The summed E-state index contributed by atoms with van der Waals surface area (Å²) in [5.74, 6) is -0.123. The van der Waals surface area contributed by atoms with Crippen LogP contribution in [0.1, 0.15) is 43.4 Å². The number of carbonyl (C=O) groups is 1. The first-order valence-electron chi connectivity index (χ1n) is 7.08. The van der Waals surface area contributed by atoms with Crippen molar-refractivity contribution in [3.8, 4) is 0 Å². The first-order chi connectivity index (χ1) is 9.41. The molecule has 5 nitrogen and oxygen atoms in total. The summed E-state index contributed by atoms with van der Waals surface area (Å²) in [4.78, 5) is 12.0. The van der Waals surface area contributed by atoms with Gasteiger partial charge >= 0.3 is 0 Å². The van der Waals surface area contributed by atoms with Gasteiger partial charge in [-0.05, 0) is 19.8 Å². The van der Waals surface area contributed by atoms with Gasteiger partial charge in [-0.2, -0.15) is 5.10 Å². The standard InChI is InChI=1S/C14H22ClN3O2/c1-10-11(13(15)18(2)17-10)8-12(19)16-9-14(20)6-4-3-5-7-14/h20H,3-9H2,1-2H3,(H,16,19). The molecule has 20 heavy (non-hydrogen) atoms. The van der Waals surface area contributed by atoms with Gasteiger partial charge in [0.25, 0.3) is 0 Å². The highest BCUT2D eigenvalue weighted by atomic mass is 35.5. The molecule has 2 rings (SSSR count). The van der Waals surface area contributed by atoms with E-state index in [0.717, 1.165) is 36.9 Å². The SMILES string of the molecule is Cc1nn(C)c(Cl)c1CC(=O)NCC1(O)CCCCC1. The first kappa shape index (κ1) is 15.3. The molecule has 1 amide bonds. The van der Waals surface area contributed by atoms with Gasteiger partial charge in [0.1, 0.15) is 5.15 Å². The van der Waals surface area contributed by atoms with Crippen molar-refractivity contribution in [2.75, 3.05) is 6.54 Å². The molecule has 0 radical (unpaired) electrons. The third-order valence-electron chi connectivity index (χ3n) is 4.01. The number of rotatable bonds is 4. The normalized spacial score (nSPS) is 18.0. The summed E-state index contributed by atoms with van der Waals surface area (Å²) in [5, 5.41) is 17.8. The van der Waals surface area contributed by atoms with Crippen LogP contribution in [0, 0.1) is 6.92 Å². The van der Waals surface area contributed by atoms with Crippen LogP contribution in [0.3, 0.4) is 0 Å². The van der Waals surface area contributed by atoms with Gasteiger partial charge in [-0.15, -0.1) is 0 Å². The maximum absolute atomic E-state index is 12.0. The molecule has 2 N–H and O–H groups in total. The largest absolute Gasteiger partial charge is 0.388 e. The average molecular weight is 300 g/mol. The lowest BCUT2D eigenvalue weighted by Crippen LogP contribution is -2.44. The Hall–Kier alpha value is -1.07. The van der Waals surface area contributed by atoms with E-state index in [-0.39, 0.29) is 12.3 Å². The molecule has 1 aliphatic carbocycles. The Bertz CT molecular complexity index is 493. The zero-order chi connectivity index (χ0) is 14.8. The Kier molecular flexibility index (Phi) is 4.70. The fourth-order valence-electron chi connectivity index (χ4n) is 2.75. The van der Waals surface area contributed by atoms with Crippen LogP contribution in [0.5, 0.6) is 0 Å². The third-order valence-corrected chi connectivity index (χ3v) is 4.48. The molecule has 1 aliphatic rings. The highest BCUT2D eigenvalue weighted by molar-refractivity contribution is 6.30. The van der Waals surface area contributed by atoms with E-state index in [1.165, 1.54) is 6.42 Å². The van der Waals surface area contributed by atoms with E-state index in [1.807, 2.05) is 6.92 Å². The number of nitrogens with zero attached hydrogens (tertiary/aromatic N) is 2. The van der Waals surface area contributed by atoms with Crippen molar-refractivity contribution < 1.29 is 9.90 Å². The van der Waals surface area contributed by atoms with Crippen LogP contribution < -0.4 is 5.32 Å². The molecule has 0 atom stereocenters. The van der Waals surface area contributed by atoms with Crippen molar-refractivity contribution in [1.82, 2.24) is 15.1 Å². The first-order valence-corrected chi connectivity index (χ1v) is 7.46. The quantitative estimate of drug-likeness (QED) is 0.890. The van der Waals surface area contributed by atoms with Gasteiger partial charge in [0.05, 0.1) is 17.7 Å². The Morgan fingerprint density at radius 2 is 2.10 bits per heavy atom. The molecule has 1 aromatic rings. The molecule has 1 saturated carbocycles.